The molecule has 2 aromatic heterocycles. The summed E-state index contributed by atoms with van der Waals surface area (Å²) < 4.78 is 4.63. The van der Waals surface area contributed by atoms with Gasteiger partial charge in [0.05, 0.1) is 6.54 Å². The van der Waals surface area contributed by atoms with E-state index in [2.05, 4.69) is 34.1 Å². The second-order valence-corrected chi connectivity index (χ2v) is 7.36. The lowest BCUT2D eigenvalue weighted by Gasteiger charge is -2.32. The minimum absolute atomic E-state index is 0.261. The zero-order valence-electron chi connectivity index (χ0n) is 15.0. The first-order chi connectivity index (χ1) is 12.5. The Balaban J connectivity index is 1.53. The number of imidazole rings is 1. The molecule has 0 fully saturated rings. The maximum absolute atomic E-state index is 12.6. The maximum atomic E-state index is 12.6. The van der Waals surface area contributed by atoms with Crippen molar-refractivity contribution in [3.8, 4) is 0 Å². The molecule has 7 heteroatoms. The van der Waals surface area contributed by atoms with E-state index in [4.69, 9.17) is 0 Å². The van der Waals surface area contributed by atoms with Crippen LogP contribution in [0.4, 0.5) is 0 Å². The molecule has 0 N–H and O–H groups in total. The smallest absolute Gasteiger partial charge is 0.320 e. The summed E-state index contributed by atoms with van der Waals surface area (Å²) >= 11 is 0. The molecule has 2 aliphatic rings. The van der Waals surface area contributed by atoms with Crippen LogP contribution in [0.3, 0.4) is 0 Å². The number of fused-ring (bicyclic) bond motifs is 4. The van der Waals surface area contributed by atoms with Gasteiger partial charge in [-0.2, -0.15) is 0 Å². The van der Waals surface area contributed by atoms with E-state index in [1.54, 1.807) is 7.05 Å². The Bertz CT molecular complexity index is 1130. The van der Waals surface area contributed by atoms with Gasteiger partial charge in [-0.25, -0.2) is 9.78 Å². The van der Waals surface area contributed by atoms with E-state index in [1.807, 2.05) is 4.57 Å². The van der Waals surface area contributed by atoms with Crippen molar-refractivity contribution >= 4 is 11.2 Å². The third kappa shape index (κ3) is 2.07. The normalized spacial score (nSPS) is 17.6. The van der Waals surface area contributed by atoms with Crippen molar-refractivity contribution in [3.05, 3.63) is 62.1 Å². The largest absolute Gasteiger partial charge is 0.332 e. The average Bonchev–Trinajstić information content (AvgIpc) is 3.25. The maximum Gasteiger partial charge on any atom is 0.332 e. The van der Waals surface area contributed by atoms with Gasteiger partial charge in [0.2, 0.25) is 0 Å². The fourth-order valence-corrected chi connectivity index (χ4v) is 4.45. The molecule has 0 saturated carbocycles. The lowest BCUT2D eigenvalue weighted by atomic mass is 10.1. The molecule has 0 unspecified atom stereocenters. The highest BCUT2D eigenvalue weighted by Crippen LogP contribution is 2.28. The summed E-state index contributed by atoms with van der Waals surface area (Å²) in [6.07, 6.45) is 2.13. The van der Waals surface area contributed by atoms with Crippen LogP contribution in [0.2, 0.25) is 0 Å². The van der Waals surface area contributed by atoms with E-state index < -0.39 is 0 Å². The van der Waals surface area contributed by atoms with Gasteiger partial charge >= 0.3 is 5.69 Å². The Morgan fingerprint density at radius 1 is 1.00 bits per heavy atom. The van der Waals surface area contributed by atoms with Crippen molar-refractivity contribution < 1.29 is 0 Å². The Morgan fingerprint density at radius 2 is 1.69 bits per heavy atom. The van der Waals surface area contributed by atoms with Gasteiger partial charge < -0.3 is 4.57 Å². The number of hydrogen-bond acceptors (Lipinski definition) is 4. The molecular formula is C19H21N5O2. The van der Waals surface area contributed by atoms with Gasteiger partial charge in [-0.1, -0.05) is 24.3 Å². The van der Waals surface area contributed by atoms with Crippen LogP contribution in [-0.2, 0) is 40.0 Å². The number of aromatic nitrogens is 4. The Labute approximate surface area is 150 Å². The van der Waals surface area contributed by atoms with Crippen molar-refractivity contribution in [1.29, 1.82) is 0 Å². The van der Waals surface area contributed by atoms with E-state index in [0.29, 0.717) is 23.8 Å². The van der Waals surface area contributed by atoms with E-state index in [9.17, 15) is 9.59 Å². The van der Waals surface area contributed by atoms with Crippen molar-refractivity contribution in [2.75, 3.05) is 6.54 Å². The monoisotopic (exact) mass is 351 g/mol. The fourth-order valence-electron chi connectivity index (χ4n) is 4.45. The van der Waals surface area contributed by atoms with Crippen LogP contribution in [0.1, 0.15) is 17.0 Å². The molecule has 1 aromatic carbocycles. The summed E-state index contributed by atoms with van der Waals surface area (Å²) in [6, 6.07) is 9.12. The van der Waals surface area contributed by atoms with Gasteiger partial charge in [0, 0.05) is 33.2 Å². The van der Waals surface area contributed by atoms with Crippen LogP contribution in [0.5, 0.6) is 0 Å². The van der Waals surface area contributed by atoms with Crippen molar-refractivity contribution in [2.45, 2.75) is 32.0 Å². The van der Waals surface area contributed by atoms with Crippen molar-refractivity contribution in [2.24, 2.45) is 14.1 Å². The number of benzene rings is 1. The summed E-state index contributed by atoms with van der Waals surface area (Å²) in [5.74, 6) is 0.875. The predicted octanol–water partition coefficient (Wildman–Crippen LogP) is 0.417. The number of rotatable bonds is 1. The minimum atomic E-state index is -0.332. The molecule has 0 atom stereocenters. The highest BCUT2D eigenvalue weighted by atomic mass is 16.2. The Morgan fingerprint density at radius 3 is 2.38 bits per heavy atom. The SMILES string of the molecule is Cn1c(=O)c2c(nc3n2CCN(C2Cc4ccccc4C2)C3)n(C)c1=O. The lowest BCUT2D eigenvalue weighted by molar-refractivity contribution is 0.158. The minimum Gasteiger partial charge on any atom is -0.320 e. The second kappa shape index (κ2) is 5.41. The summed E-state index contributed by atoms with van der Waals surface area (Å²) in [5, 5.41) is 0. The third-order valence-corrected chi connectivity index (χ3v) is 5.93. The summed E-state index contributed by atoms with van der Waals surface area (Å²) in [7, 11) is 3.20. The van der Waals surface area contributed by atoms with Gasteiger partial charge in [0.15, 0.2) is 11.2 Å². The molecule has 5 rings (SSSR count). The quantitative estimate of drug-likeness (QED) is 0.637. The molecule has 134 valence electrons. The Kier molecular flexibility index (Phi) is 3.24. The van der Waals surface area contributed by atoms with Crippen LogP contribution in [0, 0.1) is 0 Å². The molecule has 1 aliphatic heterocycles. The number of hydrogen-bond donors (Lipinski definition) is 0. The molecular weight excluding hydrogens is 330 g/mol. The van der Waals surface area contributed by atoms with Crippen LogP contribution in [-0.4, -0.2) is 36.2 Å². The van der Waals surface area contributed by atoms with Crippen LogP contribution in [0.25, 0.3) is 11.2 Å². The van der Waals surface area contributed by atoms with Crippen LogP contribution < -0.4 is 11.2 Å². The Hall–Kier alpha value is -2.67. The predicted molar refractivity (Wildman–Crippen MR) is 98.3 cm³/mol. The number of nitrogens with zero attached hydrogens (tertiary/aromatic N) is 5. The molecule has 0 amide bonds. The zero-order chi connectivity index (χ0) is 18.0. The van der Waals surface area contributed by atoms with Gasteiger partial charge in [-0.3, -0.25) is 18.8 Å². The summed E-state index contributed by atoms with van der Waals surface area (Å²) in [4.78, 5) is 31.9. The van der Waals surface area contributed by atoms with Gasteiger partial charge in [0.1, 0.15) is 5.82 Å². The first-order valence-corrected chi connectivity index (χ1v) is 9.00. The van der Waals surface area contributed by atoms with E-state index >= 15 is 0 Å². The fraction of sp³-hybridized carbons (Fsp3) is 0.421. The zero-order valence-corrected chi connectivity index (χ0v) is 15.0. The van der Waals surface area contributed by atoms with Crippen LogP contribution in [0.15, 0.2) is 33.9 Å². The highest BCUT2D eigenvalue weighted by Gasteiger charge is 2.31. The van der Waals surface area contributed by atoms with E-state index in [1.165, 1.54) is 22.7 Å². The highest BCUT2D eigenvalue weighted by molar-refractivity contribution is 5.71. The molecule has 0 saturated heterocycles. The van der Waals surface area contributed by atoms with Crippen molar-refractivity contribution in [3.63, 3.8) is 0 Å². The molecule has 0 spiro atoms. The third-order valence-electron chi connectivity index (χ3n) is 5.93. The summed E-state index contributed by atoms with van der Waals surface area (Å²) in [6.45, 7) is 2.33. The van der Waals surface area contributed by atoms with E-state index in [0.717, 1.165) is 36.3 Å². The molecule has 3 aromatic rings. The molecule has 1 aliphatic carbocycles. The number of aryl methyl sites for hydroxylation is 1. The first-order valence-electron chi connectivity index (χ1n) is 9.00. The lowest BCUT2D eigenvalue weighted by Crippen LogP contribution is -2.42. The second-order valence-electron chi connectivity index (χ2n) is 7.36. The molecule has 0 radical (unpaired) electrons. The molecule has 0 bridgehead atoms. The van der Waals surface area contributed by atoms with Gasteiger partial charge in [-0.15, -0.1) is 0 Å². The molecule has 26 heavy (non-hydrogen) atoms. The molecule has 3 heterocycles. The summed E-state index contributed by atoms with van der Waals surface area (Å²) in [5.41, 5.74) is 3.31. The van der Waals surface area contributed by atoms with Gasteiger partial charge in [-0.05, 0) is 24.0 Å². The molecule has 7 nitrogen and oxygen atoms in total. The topological polar surface area (TPSA) is 65.1 Å². The average molecular weight is 351 g/mol. The van der Waals surface area contributed by atoms with E-state index in [-0.39, 0.29) is 11.2 Å². The van der Waals surface area contributed by atoms with Gasteiger partial charge in [0.25, 0.3) is 5.56 Å². The van der Waals surface area contributed by atoms with Crippen LogP contribution >= 0.6 is 0 Å². The first kappa shape index (κ1) is 15.6. The standard InChI is InChI=1S/C19H21N5O2/c1-21-17-16(18(25)22(2)19(21)26)24-8-7-23(11-15(24)20-17)14-9-12-5-3-4-6-13(12)10-14/h3-6,14H,7-11H2,1-2H3. The van der Waals surface area contributed by atoms with Crippen molar-refractivity contribution in [1.82, 2.24) is 23.6 Å².